The van der Waals surface area contributed by atoms with Crippen LogP contribution in [-0.4, -0.2) is 9.97 Å². The number of nitrogens with two attached hydrogens (primary N) is 1. The van der Waals surface area contributed by atoms with Crippen molar-refractivity contribution in [2.75, 3.05) is 5.43 Å². The molecule has 0 bridgehead atoms. The third kappa shape index (κ3) is 1.48. The Labute approximate surface area is 83.3 Å². The van der Waals surface area contributed by atoms with Crippen LogP contribution in [-0.2, 0) is 0 Å². The molecule has 0 aliphatic heterocycles. The monoisotopic (exact) mass is 238 g/mol. The maximum atomic E-state index is 5.30. The van der Waals surface area contributed by atoms with E-state index in [1.807, 2.05) is 18.2 Å². The van der Waals surface area contributed by atoms with Gasteiger partial charge in [0, 0.05) is 9.86 Å². The van der Waals surface area contributed by atoms with Crippen molar-refractivity contribution in [3.63, 3.8) is 0 Å². The van der Waals surface area contributed by atoms with Crippen molar-refractivity contribution < 1.29 is 0 Å². The summed E-state index contributed by atoms with van der Waals surface area (Å²) in [6.45, 7) is 0. The number of rotatable bonds is 1. The van der Waals surface area contributed by atoms with Crippen LogP contribution in [0.25, 0.3) is 10.9 Å². The fraction of sp³-hybridized carbons (Fsp3) is 0. The average molecular weight is 239 g/mol. The third-order valence-electron chi connectivity index (χ3n) is 1.74. The van der Waals surface area contributed by atoms with Crippen LogP contribution in [0, 0.1) is 0 Å². The van der Waals surface area contributed by atoms with Crippen molar-refractivity contribution >= 4 is 32.7 Å². The van der Waals surface area contributed by atoms with Gasteiger partial charge in [-0.25, -0.2) is 15.8 Å². The minimum absolute atomic E-state index is 0.637. The average Bonchev–Trinajstić information content (AvgIpc) is 2.16. The van der Waals surface area contributed by atoms with E-state index in [0.29, 0.717) is 5.82 Å². The van der Waals surface area contributed by atoms with Crippen molar-refractivity contribution in [3.05, 3.63) is 29.0 Å². The first-order valence-electron chi connectivity index (χ1n) is 3.68. The number of nitrogen functional groups attached to an aromatic ring is 1. The van der Waals surface area contributed by atoms with Gasteiger partial charge in [-0.15, -0.1) is 0 Å². The zero-order chi connectivity index (χ0) is 9.26. The number of hydrogen-bond donors (Lipinski definition) is 2. The molecule has 1 aromatic carbocycles. The van der Waals surface area contributed by atoms with Crippen LogP contribution < -0.4 is 11.3 Å². The Bertz CT molecular complexity index is 443. The lowest BCUT2D eigenvalue weighted by atomic mass is 10.2. The molecular formula is C8H7BrN4. The minimum Gasteiger partial charge on any atom is -0.308 e. The van der Waals surface area contributed by atoms with E-state index >= 15 is 0 Å². The normalized spacial score (nSPS) is 10.3. The van der Waals surface area contributed by atoms with Crippen LogP contribution in [0.15, 0.2) is 29.0 Å². The van der Waals surface area contributed by atoms with Crippen molar-refractivity contribution in [1.82, 2.24) is 9.97 Å². The maximum Gasteiger partial charge on any atom is 0.151 e. The number of halogens is 1. The molecule has 0 atom stereocenters. The molecule has 0 fully saturated rings. The summed E-state index contributed by atoms with van der Waals surface area (Å²) in [5.74, 6) is 5.94. The molecule has 66 valence electrons. The van der Waals surface area contributed by atoms with Crippen molar-refractivity contribution in [2.45, 2.75) is 0 Å². The summed E-state index contributed by atoms with van der Waals surface area (Å²) in [6, 6.07) is 5.75. The lowest BCUT2D eigenvalue weighted by molar-refractivity contribution is 1.18. The smallest absolute Gasteiger partial charge is 0.151 e. The van der Waals surface area contributed by atoms with Gasteiger partial charge in [0.25, 0.3) is 0 Å². The second-order valence-electron chi connectivity index (χ2n) is 2.53. The number of fused-ring (bicyclic) bond motifs is 1. The lowest BCUT2D eigenvalue weighted by Gasteiger charge is -2.02. The summed E-state index contributed by atoms with van der Waals surface area (Å²) >= 11 is 3.37. The van der Waals surface area contributed by atoms with E-state index in [-0.39, 0.29) is 0 Å². The van der Waals surface area contributed by atoms with E-state index in [9.17, 15) is 0 Å². The molecule has 0 saturated carbocycles. The number of aromatic nitrogens is 2. The largest absolute Gasteiger partial charge is 0.308 e. The Morgan fingerprint density at radius 1 is 1.31 bits per heavy atom. The number of anilines is 1. The molecule has 0 saturated heterocycles. The third-order valence-corrected chi connectivity index (χ3v) is 2.23. The number of benzene rings is 1. The fourth-order valence-corrected chi connectivity index (χ4v) is 1.49. The van der Waals surface area contributed by atoms with Crippen molar-refractivity contribution in [3.8, 4) is 0 Å². The SMILES string of the molecule is NNc1ncnc2cc(Br)ccc12. The second kappa shape index (κ2) is 3.27. The quantitative estimate of drug-likeness (QED) is 0.587. The van der Waals surface area contributed by atoms with Gasteiger partial charge in [-0.1, -0.05) is 15.9 Å². The molecule has 4 nitrogen and oxygen atoms in total. The zero-order valence-corrected chi connectivity index (χ0v) is 8.25. The predicted octanol–water partition coefficient (Wildman–Crippen LogP) is 1.68. The second-order valence-corrected chi connectivity index (χ2v) is 3.44. The minimum atomic E-state index is 0.637. The first-order chi connectivity index (χ1) is 6.31. The summed E-state index contributed by atoms with van der Waals surface area (Å²) in [4.78, 5) is 8.11. The van der Waals surface area contributed by atoms with Crippen LogP contribution in [0.2, 0.25) is 0 Å². The highest BCUT2D eigenvalue weighted by Crippen LogP contribution is 2.21. The topological polar surface area (TPSA) is 63.8 Å². The van der Waals surface area contributed by atoms with Crippen molar-refractivity contribution in [1.29, 1.82) is 0 Å². The number of nitrogens with one attached hydrogen (secondary N) is 1. The highest BCUT2D eigenvalue weighted by molar-refractivity contribution is 9.10. The first kappa shape index (κ1) is 8.40. The van der Waals surface area contributed by atoms with E-state index in [1.165, 1.54) is 6.33 Å². The molecule has 5 heteroatoms. The fourth-order valence-electron chi connectivity index (χ4n) is 1.15. The Morgan fingerprint density at radius 3 is 2.92 bits per heavy atom. The van der Waals surface area contributed by atoms with E-state index in [1.54, 1.807) is 0 Å². The van der Waals surface area contributed by atoms with Gasteiger partial charge in [-0.05, 0) is 18.2 Å². The number of hydrogen-bond acceptors (Lipinski definition) is 4. The molecule has 0 amide bonds. The molecule has 0 aliphatic carbocycles. The number of hydrazine groups is 1. The van der Waals surface area contributed by atoms with Gasteiger partial charge in [0.05, 0.1) is 5.52 Å². The Balaban J connectivity index is 2.77. The van der Waals surface area contributed by atoms with Gasteiger partial charge >= 0.3 is 0 Å². The Morgan fingerprint density at radius 2 is 2.15 bits per heavy atom. The van der Waals surface area contributed by atoms with Crippen LogP contribution in [0.5, 0.6) is 0 Å². The van der Waals surface area contributed by atoms with E-state index < -0.39 is 0 Å². The van der Waals surface area contributed by atoms with Gasteiger partial charge in [0.1, 0.15) is 6.33 Å². The molecule has 1 heterocycles. The standard InChI is InChI=1S/C8H7BrN4/c9-5-1-2-6-7(3-5)11-4-12-8(6)13-10/h1-4H,10H2,(H,11,12,13). The molecule has 1 aromatic heterocycles. The van der Waals surface area contributed by atoms with Crippen LogP contribution in [0.1, 0.15) is 0 Å². The molecule has 2 rings (SSSR count). The van der Waals surface area contributed by atoms with E-state index in [0.717, 1.165) is 15.4 Å². The van der Waals surface area contributed by atoms with E-state index in [2.05, 4.69) is 31.3 Å². The van der Waals surface area contributed by atoms with Crippen LogP contribution in [0.4, 0.5) is 5.82 Å². The predicted molar refractivity (Wildman–Crippen MR) is 55.0 cm³/mol. The molecule has 0 aliphatic rings. The van der Waals surface area contributed by atoms with Crippen molar-refractivity contribution in [2.24, 2.45) is 5.84 Å². The van der Waals surface area contributed by atoms with Crippen LogP contribution >= 0.6 is 15.9 Å². The lowest BCUT2D eigenvalue weighted by Crippen LogP contribution is -2.09. The molecular weight excluding hydrogens is 232 g/mol. The molecule has 0 unspecified atom stereocenters. The summed E-state index contributed by atoms with van der Waals surface area (Å²) < 4.78 is 0.988. The van der Waals surface area contributed by atoms with Crippen LogP contribution in [0.3, 0.4) is 0 Å². The molecule has 0 radical (unpaired) electrons. The highest BCUT2D eigenvalue weighted by Gasteiger charge is 2.01. The Hall–Kier alpha value is -1.20. The molecule has 3 N–H and O–H groups in total. The summed E-state index contributed by atoms with van der Waals surface area (Å²) in [7, 11) is 0. The Kier molecular flexibility index (Phi) is 2.12. The first-order valence-corrected chi connectivity index (χ1v) is 4.47. The zero-order valence-electron chi connectivity index (χ0n) is 6.66. The van der Waals surface area contributed by atoms with Gasteiger partial charge in [-0.3, -0.25) is 0 Å². The molecule has 2 aromatic rings. The van der Waals surface area contributed by atoms with Gasteiger partial charge in [0.15, 0.2) is 5.82 Å². The molecule has 13 heavy (non-hydrogen) atoms. The highest BCUT2D eigenvalue weighted by atomic mass is 79.9. The number of nitrogens with zero attached hydrogens (tertiary/aromatic N) is 2. The maximum absolute atomic E-state index is 5.30. The summed E-state index contributed by atoms with van der Waals surface area (Å²) in [6.07, 6.45) is 1.48. The molecule has 0 spiro atoms. The van der Waals surface area contributed by atoms with Gasteiger partial charge in [-0.2, -0.15) is 0 Å². The summed E-state index contributed by atoms with van der Waals surface area (Å²) in [5.41, 5.74) is 3.38. The van der Waals surface area contributed by atoms with Gasteiger partial charge in [0.2, 0.25) is 0 Å². The van der Waals surface area contributed by atoms with Gasteiger partial charge < -0.3 is 5.43 Å². The summed E-state index contributed by atoms with van der Waals surface area (Å²) in [5, 5.41) is 0.910. The van der Waals surface area contributed by atoms with E-state index in [4.69, 9.17) is 5.84 Å².